The van der Waals surface area contributed by atoms with Crippen LogP contribution in [0.15, 0.2) is 30.5 Å². The average molecular weight is 230 g/mol. The van der Waals surface area contributed by atoms with E-state index in [1.54, 1.807) is 6.07 Å². The Morgan fingerprint density at radius 3 is 2.82 bits per heavy atom. The van der Waals surface area contributed by atoms with Crippen LogP contribution in [0.5, 0.6) is 11.6 Å². The number of anilines is 1. The fourth-order valence-corrected chi connectivity index (χ4v) is 1.18. The number of rotatable bonds is 2. The number of hydrogen-bond donors (Lipinski definition) is 1. The predicted molar refractivity (Wildman–Crippen MR) is 57.6 cm³/mol. The van der Waals surface area contributed by atoms with Gasteiger partial charge in [0, 0.05) is 18.3 Å². The zero-order valence-corrected chi connectivity index (χ0v) is 8.59. The number of hydrogen-bond acceptors (Lipinski definition) is 5. The van der Waals surface area contributed by atoms with Gasteiger partial charge in [-0.3, -0.25) is 0 Å². The lowest BCUT2D eigenvalue weighted by molar-refractivity contribution is 0.457. The largest absolute Gasteiger partial charge is 0.439 e. The highest BCUT2D eigenvalue weighted by Crippen LogP contribution is 2.21. The molecule has 1 aromatic heterocycles. The standard InChI is InChI=1S/C11H7FN4O/c12-9-5-8(2-1-7(9)6-13)17-10-3-4-15-11(14)16-10/h1-5H,(H2,14,15,16). The average Bonchev–Trinajstić information content (AvgIpc) is 2.29. The third-order valence-corrected chi connectivity index (χ3v) is 1.93. The molecule has 0 bridgehead atoms. The van der Waals surface area contributed by atoms with E-state index in [0.717, 1.165) is 6.07 Å². The van der Waals surface area contributed by atoms with Crippen molar-refractivity contribution in [3.8, 4) is 17.7 Å². The van der Waals surface area contributed by atoms with E-state index in [0.29, 0.717) is 0 Å². The van der Waals surface area contributed by atoms with Crippen molar-refractivity contribution in [3.63, 3.8) is 0 Å². The Kier molecular flexibility index (Phi) is 2.83. The van der Waals surface area contributed by atoms with E-state index in [1.807, 2.05) is 0 Å². The Morgan fingerprint density at radius 1 is 1.35 bits per heavy atom. The van der Waals surface area contributed by atoms with Gasteiger partial charge in [0.2, 0.25) is 11.8 Å². The maximum Gasteiger partial charge on any atom is 0.224 e. The zero-order chi connectivity index (χ0) is 12.3. The van der Waals surface area contributed by atoms with Gasteiger partial charge in [-0.15, -0.1) is 0 Å². The molecule has 0 atom stereocenters. The van der Waals surface area contributed by atoms with Gasteiger partial charge >= 0.3 is 0 Å². The smallest absolute Gasteiger partial charge is 0.224 e. The minimum absolute atomic E-state index is 0.0421. The second-order valence-electron chi connectivity index (χ2n) is 3.11. The number of halogens is 1. The molecule has 0 spiro atoms. The van der Waals surface area contributed by atoms with Crippen LogP contribution in [0.2, 0.25) is 0 Å². The molecule has 0 aliphatic heterocycles. The minimum atomic E-state index is -0.646. The first kappa shape index (κ1) is 10.8. The summed E-state index contributed by atoms with van der Waals surface area (Å²) in [6.07, 6.45) is 1.43. The molecule has 6 heteroatoms. The Hall–Kier alpha value is -2.68. The molecule has 2 rings (SSSR count). The van der Waals surface area contributed by atoms with Crippen LogP contribution < -0.4 is 10.5 Å². The van der Waals surface area contributed by atoms with Gasteiger partial charge in [0.25, 0.3) is 0 Å². The van der Waals surface area contributed by atoms with Gasteiger partial charge in [-0.05, 0) is 12.1 Å². The Morgan fingerprint density at radius 2 is 2.18 bits per heavy atom. The third-order valence-electron chi connectivity index (χ3n) is 1.93. The lowest BCUT2D eigenvalue weighted by Crippen LogP contribution is -1.96. The molecule has 17 heavy (non-hydrogen) atoms. The molecule has 84 valence electrons. The fourth-order valence-electron chi connectivity index (χ4n) is 1.18. The maximum absolute atomic E-state index is 13.3. The third kappa shape index (κ3) is 2.46. The molecule has 0 saturated carbocycles. The molecular weight excluding hydrogens is 223 g/mol. The molecule has 1 heterocycles. The van der Waals surface area contributed by atoms with Crippen LogP contribution in [0.3, 0.4) is 0 Å². The summed E-state index contributed by atoms with van der Waals surface area (Å²) >= 11 is 0. The Balaban J connectivity index is 2.25. The zero-order valence-electron chi connectivity index (χ0n) is 8.59. The maximum atomic E-state index is 13.3. The van der Waals surface area contributed by atoms with Crippen molar-refractivity contribution in [2.45, 2.75) is 0 Å². The van der Waals surface area contributed by atoms with Gasteiger partial charge in [0.15, 0.2) is 0 Å². The van der Waals surface area contributed by atoms with Gasteiger partial charge < -0.3 is 10.5 Å². The van der Waals surface area contributed by atoms with Crippen LogP contribution in [0, 0.1) is 17.1 Å². The molecule has 2 aromatic rings. The first-order valence-corrected chi connectivity index (χ1v) is 4.65. The van der Waals surface area contributed by atoms with Gasteiger partial charge in [-0.25, -0.2) is 9.37 Å². The van der Waals surface area contributed by atoms with Crippen molar-refractivity contribution in [1.82, 2.24) is 9.97 Å². The van der Waals surface area contributed by atoms with Gasteiger partial charge in [-0.2, -0.15) is 10.2 Å². The van der Waals surface area contributed by atoms with Crippen molar-refractivity contribution < 1.29 is 9.13 Å². The van der Waals surface area contributed by atoms with E-state index < -0.39 is 5.82 Å². The first-order valence-electron chi connectivity index (χ1n) is 4.65. The van der Waals surface area contributed by atoms with Gasteiger partial charge in [-0.1, -0.05) is 0 Å². The summed E-state index contributed by atoms with van der Waals surface area (Å²) in [7, 11) is 0. The molecule has 0 fully saturated rings. The molecule has 0 unspecified atom stereocenters. The normalized spacial score (nSPS) is 9.65. The number of aromatic nitrogens is 2. The lowest BCUT2D eigenvalue weighted by atomic mass is 10.2. The van der Waals surface area contributed by atoms with E-state index in [4.69, 9.17) is 15.7 Å². The van der Waals surface area contributed by atoms with E-state index >= 15 is 0 Å². The highest BCUT2D eigenvalue weighted by atomic mass is 19.1. The summed E-state index contributed by atoms with van der Waals surface area (Å²) in [5.74, 6) is -0.134. The van der Waals surface area contributed by atoms with Gasteiger partial charge in [0.1, 0.15) is 17.6 Å². The number of nitrogens with zero attached hydrogens (tertiary/aromatic N) is 3. The topological polar surface area (TPSA) is 84.8 Å². The van der Waals surface area contributed by atoms with Crippen molar-refractivity contribution >= 4 is 5.95 Å². The number of nitriles is 1. The molecule has 1 aromatic carbocycles. The highest BCUT2D eigenvalue weighted by molar-refractivity contribution is 5.37. The summed E-state index contributed by atoms with van der Waals surface area (Å²) in [6.45, 7) is 0. The van der Waals surface area contributed by atoms with E-state index in [9.17, 15) is 4.39 Å². The second-order valence-corrected chi connectivity index (χ2v) is 3.11. The summed E-state index contributed by atoms with van der Waals surface area (Å²) in [4.78, 5) is 7.49. The molecule has 0 saturated heterocycles. The number of nitrogen functional groups attached to an aromatic ring is 1. The van der Waals surface area contributed by atoms with Crippen LogP contribution in [0.4, 0.5) is 10.3 Å². The number of nitrogens with two attached hydrogens (primary N) is 1. The van der Waals surface area contributed by atoms with Crippen molar-refractivity contribution in [2.24, 2.45) is 0 Å². The van der Waals surface area contributed by atoms with Crippen molar-refractivity contribution in [3.05, 3.63) is 41.8 Å². The summed E-state index contributed by atoms with van der Waals surface area (Å²) in [5.41, 5.74) is 5.33. The van der Waals surface area contributed by atoms with Crippen LogP contribution in [0.25, 0.3) is 0 Å². The molecule has 0 amide bonds. The summed E-state index contributed by atoms with van der Waals surface area (Å²) in [5, 5.41) is 8.57. The van der Waals surface area contributed by atoms with E-state index in [2.05, 4.69) is 9.97 Å². The molecule has 0 radical (unpaired) electrons. The SMILES string of the molecule is N#Cc1ccc(Oc2ccnc(N)n2)cc1F. The monoisotopic (exact) mass is 230 g/mol. The molecule has 2 N–H and O–H groups in total. The summed E-state index contributed by atoms with van der Waals surface area (Å²) < 4.78 is 18.5. The van der Waals surface area contributed by atoms with Crippen molar-refractivity contribution in [2.75, 3.05) is 5.73 Å². The Labute approximate surface area is 96.3 Å². The van der Waals surface area contributed by atoms with Gasteiger partial charge in [0.05, 0.1) is 5.56 Å². The summed E-state index contributed by atoms with van der Waals surface area (Å²) in [6, 6.07) is 7.12. The van der Waals surface area contributed by atoms with Crippen LogP contribution in [-0.4, -0.2) is 9.97 Å². The number of benzene rings is 1. The predicted octanol–water partition coefficient (Wildman–Crippen LogP) is 1.86. The van der Waals surface area contributed by atoms with E-state index in [1.165, 1.54) is 24.4 Å². The highest BCUT2D eigenvalue weighted by Gasteiger charge is 2.05. The van der Waals surface area contributed by atoms with E-state index in [-0.39, 0.29) is 23.1 Å². The Bertz CT molecular complexity index is 594. The van der Waals surface area contributed by atoms with Crippen LogP contribution in [0.1, 0.15) is 5.56 Å². The number of ether oxygens (including phenoxy) is 1. The first-order chi connectivity index (χ1) is 8.19. The second kappa shape index (κ2) is 4.45. The quantitative estimate of drug-likeness (QED) is 0.851. The molecule has 5 nitrogen and oxygen atoms in total. The molecular formula is C11H7FN4O. The van der Waals surface area contributed by atoms with Crippen LogP contribution in [-0.2, 0) is 0 Å². The fraction of sp³-hybridized carbons (Fsp3) is 0. The molecule has 0 aliphatic rings. The minimum Gasteiger partial charge on any atom is -0.439 e. The molecule has 0 aliphatic carbocycles. The van der Waals surface area contributed by atoms with Crippen molar-refractivity contribution in [1.29, 1.82) is 5.26 Å². The lowest BCUT2D eigenvalue weighted by Gasteiger charge is -2.04. The van der Waals surface area contributed by atoms with Crippen LogP contribution >= 0.6 is 0 Å².